The average Bonchev–Trinajstić information content (AvgIpc) is 3.05. The minimum absolute atomic E-state index is 0.103. The van der Waals surface area contributed by atoms with E-state index < -0.39 is 0 Å². The van der Waals surface area contributed by atoms with Gasteiger partial charge in [-0.05, 0) is 18.1 Å². The van der Waals surface area contributed by atoms with E-state index in [0.717, 1.165) is 16.9 Å². The minimum Gasteiger partial charge on any atom is -0.353 e. The number of aromatic nitrogens is 2. The molecule has 1 saturated heterocycles. The summed E-state index contributed by atoms with van der Waals surface area (Å²) >= 11 is 0. The van der Waals surface area contributed by atoms with Gasteiger partial charge in [-0.1, -0.05) is 32.0 Å². The van der Waals surface area contributed by atoms with E-state index in [1.165, 1.54) is 4.90 Å². The molecule has 0 unspecified atom stereocenters. The summed E-state index contributed by atoms with van der Waals surface area (Å²) in [6.45, 7) is 5.67. The van der Waals surface area contributed by atoms with Crippen molar-refractivity contribution >= 4 is 11.9 Å². The molecule has 2 aromatic rings. The van der Waals surface area contributed by atoms with Gasteiger partial charge < -0.3 is 15.5 Å². The third-order valence-corrected chi connectivity index (χ3v) is 4.15. The van der Waals surface area contributed by atoms with Crippen LogP contribution in [0, 0.1) is 0 Å². The second-order valence-electron chi connectivity index (χ2n) is 6.40. The molecule has 0 bridgehead atoms. The first-order valence-corrected chi connectivity index (χ1v) is 8.48. The fraction of sp³-hybridized carbons (Fsp3) is 0.389. The lowest BCUT2D eigenvalue weighted by atomic mass is 10.1. The van der Waals surface area contributed by atoms with Crippen LogP contribution in [0.3, 0.4) is 0 Å². The summed E-state index contributed by atoms with van der Waals surface area (Å²) in [7, 11) is 0. The highest BCUT2D eigenvalue weighted by Crippen LogP contribution is 2.20. The molecule has 0 radical (unpaired) electrons. The number of piperazine rings is 1. The van der Waals surface area contributed by atoms with E-state index in [0.29, 0.717) is 19.6 Å². The second kappa shape index (κ2) is 7.38. The van der Waals surface area contributed by atoms with Crippen LogP contribution in [0.5, 0.6) is 0 Å². The van der Waals surface area contributed by atoms with Gasteiger partial charge in [0.05, 0.1) is 11.4 Å². The Morgan fingerprint density at radius 2 is 2.08 bits per heavy atom. The molecule has 132 valence electrons. The second-order valence-corrected chi connectivity index (χ2v) is 6.40. The molecule has 2 N–H and O–H groups in total. The molecule has 2 heterocycles. The van der Waals surface area contributed by atoms with E-state index >= 15 is 0 Å². The predicted molar refractivity (Wildman–Crippen MR) is 94.5 cm³/mol. The molecule has 1 aliphatic rings. The number of carbonyl (C=O) groups excluding carboxylic acids is 2. The van der Waals surface area contributed by atoms with Gasteiger partial charge >= 0.3 is 6.03 Å². The van der Waals surface area contributed by atoms with Crippen molar-refractivity contribution in [3.63, 3.8) is 0 Å². The molecular weight excluding hydrogens is 318 g/mol. The summed E-state index contributed by atoms with van der Waals surface area (Å²) in [5.41, 5.74) is 2.92. The number of amides is 3. The van der Waals surface area contributed by atoms with Gasteiger partial charge in [-0.3, -0.25) is 4.79 Å². The number of para-hydroxylation sites is 1. The Morgan fingerprint density at radius 1 is 1.32 bits per heavy atom. The summed E-state index contributed by atoms with van der Waals surface area (Å²) in [6, 6.07) is 9.66. The van der Waals surface area contributed by atoms with Gasteiger partial charge in [-0.2, -0.15) is 5.10 Å². The van der Waals surface area contributed by atoms with Crippen LogP contribution in [-0.2, 0) is 11.3 Å². The molecule has 0 aliphatic carbocycles. The van der Waals surface area contributed by atoms with Gasteiger partial charge in [0, 0.05) is 31.4 Å². The molecule has 0 spiro atoms. The fourth-order valence-electron chi connectivity index (χ4n) is 2.85. The van der Waals surface area contributed by atoms with E-state index in [1.807, 2.05) is 41.2 Å². The highest BCUT2D eigenvalue weighted by molar-refractivity contribution is 5.85. The molecule has 0 atom stereocenters. The summed E-state index contributed by atoms with van der Waals surface area (Å²) in [5, 5.41) is 10.3. The number of benzene rings is 1. The molecule has 1 fully saturated rings. The van der Waals surface area contributed by atoms with Crippen molar-refractivity contribution < 1.29 is 9.59 Å². The van der Waals surface area contributed by atoms with Gasteiger partial charge in [0.2, 0.25) is 5.91 Å². The predicted octanol–water partition coefficient (Wildman–Crippen LogP) is 1.64. The van der Waals surface area contributed by atoms with Crippen molar-refractivity contribution in [3.8, 4) is 5.69 Å². The van der Waals surface area contributed by atoms with Gasteiger partial charge in [0.15, 0.2) is 0 Å². The van der Waals surface area contributed by atoms with Crippen LogP contribution in [0.1, 0.15) is 31.0 Å². The standard InChI is InChI=1S/C18H23N5O2/c1-13(2)17-14(11-23(21-17)15-6-4-3-5-7-15)10-20-18(25)22-9-8-19-16(24)12-22/h3-7,11,13H,8-10,12H2,1-2H3,(H,19,24)(H,20,25). The summed E-state index contributed by atoms with van der Waals surface area (Å²) < 4.78 is 1.84. The lowest BCUT2D eigenvalue weighted by Gasteiger charge is -2.26. The van der Waals surface area contributed by atoms with Crippen molar-refractivity contribution in [1.82, 2.24) is 25.3 Å². The van der Waals surface area contributed by atoms with Gasteiger partial charge in [-0.25, -0.2) is 9.48 Å². The van der Waals surface area contributed by atoms with Crippen LogP contribution in [0.15, 0.2) is 36.5 Å². The number of nitrogens with one attached hydrogen (secondary N) is 2. The van der Waals surface area contributed by atoms with Gasteiger partial charge in [-0.15, -0.1) is 0 Å². The number of carbonyl (C=O) groups is 2. The summed E-state index contributed by atoms with van der Waals surface area (Å²) in [4.78, 5) is 25.2. The number of hydrogen-bond acceptors (Lipinski definition) is 3. The van der Waals surface area contributed by atoms with Crippen LogP contribution >= 0.6 is 0 Å². The lowest BCUT2D eigenvalue weighted by molar-refractivity contribution is -0.123. The zero-order chi connectivity index (χ0) is 17.8. The first kappa shape index (κ1) is 17.0. The minimum atomic E-state index is -0.225. The average molecular weight is 341 g/mol. The van der Waals surface area contributed by atoms with Gasteiger partial charge in [0.25, 0.3) is 0 Å². The third kappa shape index (κ3) is 3.99. The van der Waals surface area contributed by atoms with Crippen LogP contribution in [-0.4, -0.2) is 46.3 Å². The van der Waals surface area contributed by atoms with Crippen LogP contribution < -0.4 is 10.6 Å². The molecule has 1 aliphatic heterocycles. The Bertz CT molecular complexity index is 754. The van der Waals surface area contributed by atoms with Crippen molar-refractivity contribution in [1.29, 1.82) is 0 Å². The van der Waals surface area contributed by atoms with E-state index in [9.17, 15) is 9.59 Å². The molecule has 1 aromatic carbocycles. The number of hydrogen-bond donors (Lipinski definition) is 2. The highest BCUT2D eigenvalue weighted by atomic mass is 16.2. The Labute approximate surface area is 147 Å². The van der Waals surface area contributed by atoms with Crippen molar-refractivity contribution in [2.75, 3.05) is 19.6 Å². The maximum absolute atomic E-state index is 12.3. The molecule has 7 heteroatoms. The van der Waals surface area contributed by atoms with Crippen LogP contribution in [0.25, 0.3) is 5.69 Å². The number of urea groups is 1. The van der Waals surface area contributed by atoms with Crippen LogP contribution in [0.2, 0.25) is 0 Å². The van der Waals surface area contributed by atoms with Crippen LogP contribution in [0.4, 0.5) is 4.79 Å². The number of nitrogens with zero attached hydrogens (tertiary/aromatic N) is 3. The van der Waals surface area contributed by atoms with E-state index in [2.05, 4.69) is 29.6 Å². The van der Waals surface area contributed by atoms with E-state index in [4.69, 9.17) is 0 Å². The molecule has 25 heavy (non-hydrogen) atoms. The first-order valence-electron chi connectivity index (χ1n) is 8.48. The maximum atomic E-state index is 12.3. The Balaban J connectivity index is 1.72. The fourth-order valence-corrected chi connectivity index (χ4v) is 2.85. The zero-order valence-corrected chi connectivity index (χ0v) is 14.5. The van der Waals surface area contributed by atoms with Crippen molar-refractivity contribution in [3.05, 3.63) is 47.8 Å². The molecule has 3 amide bonds. The largest absolute Gasteiger partial charge is 0.353 e. The quantitative estimate of drug-likeness (QED) is 0.887. The normalized spacial score (nSPS) is 14.5. The Morgan fingerprint density at radius 3 is 2.76 bits per heavy atom. The zero-order valence-electron chi connectivity index (χ0n) is 14.5. The topological polar surface area (TPSA) is 79.3 Å². The SMILES string of the molecule is CC(C)c1nn(-c2ccccc2)cc1CNC(=O)N1CCNC(=O)C1. The lowest BCUT2D eigenvalue weighted by Crippen LogP contribution is -2.52. The Kier molecular flexibility index (Phi) is 5.02. The molecular formula is C18H23N5O2. The molecule has 3 rings (SSSR count). The van der Waals surface area contributed by atoms with E-state index in [-0.39, 0.29) is 24.4 Å². The molecule has 7 nitrogen and oxygen atoms in total. The molecule has 1 aromatic heterocycles. The van der Waals surface area contributed by atoms with E-state index in [1.54, 1.807) is 0 Å². The van der Waals surface area contributed by atoms with Crippen molar-refractivity contribution in [2.24, 2.45) is 0 Å². The first-order chi connectivity index (χ1) is 12.0. The summed E-state index contributed by atoms with van der Waals surface area (Å²) in [6.07, 6.45) is 1.95. The monoisotopic (exact) mass is 341 g/mol. The Hall–Kier alpha value is -2.83. The third-order valence-electron chi connectivity index (χ3n) is 4.15. The maximum Gasteiger partial charge on any atom is 0.318 e. The van der Waals surface area contributed by atoms with Gasteiger partial charge in [0.1, 0.15) is 6.54 Å². The highest BCUT2D eigenvalue weighted by Gasteiger charge is 2.21. The van der Waals surface area contributed by atoms with Crippen molar-refractivity contribution in [2.45, 2.75) is 26.3 Å². The summed E-state index contributed by atoms with van der Waals surface area (Å²) in [5.74, 6) is 0.124. The molecule has 0 saturated carbocycles. The smallest absolute Gasteiger partial charge is 0.318 e. The number of rotatable bonds is 4.